The highest BCUT2D eigenvalue weighted by molar-refractivity contribution is 5.75. The van der Waals surface area contributed by atoms with Crippen molar-refractivity contribution in [2.24, 2.45) is 0 Å². The zero-order valence-electron chi connectivity index (χ0n) is 13.6. The minimum Gasteiger partial charge on any atom is -0.321 e. The molecule has 0 unspecified atom stereocenters. The second-order valence-electron chi connectivity index (χ2n) is 6.36. The predicted octanol–water partition coefficient (Wildman–Crippen LogP) is 3.22. The Morgan fingerprint density at radius 2 is 2.08 bits per heavy atom. The predicted molar refractivity (Wildman–Crippen MR) is 94.7 cm³/mol. The van der Waals surface area contributed by atoms with Crippen LogP contribution in [-0.2, 0) is 6.54 Å². The van der Waals surface area contributed by atoms with E-state index in [-0.39, 0.29) is 0 Å². The molecular formula is C18H17N7. The highest BCUT2D eigenvalue weighted by Gasteiger charge is 2.25. The van der Waals surface area contributed by atoms with Gasteiger partial charge in [-0.15, -0.1) is 0 Å². The number of anilines is 2. The Kier molecular flexibility index (Phi) is 3.22. The van der Waals surface area contributed by atoms with Gasteiger partial charge in [-0.3, -0.25) is 5.10 Å². The topological polar surface area (TPSA) is 84.3 Å². The lowest BCUT2D eigenvalue weighted by molar-refractivity contribution is 0.698. The summed E-state index contributed by atoms with van der Waals surface area (Å²) in [6, 6.07) is 8.63. The van der Waals surface area contributed by atoms with Crippen molar-refractivity contribution in [1.82, 2.24) is 29.9 Å². The van der Waals surface area contributed by atoms with E-state index in [1.165, 1.54) is 24.0 Å². The van der Waals surface area contributed by atoms with Crippen LogP contribution in [0, 0.1) is 0 Å². The van der Waals surface area contributed by atoms with Crippen LogP contribution in [-0.4, -0.2) is 29.9 Å². The molecule has 124 valence electrons. The molecule has 2 N–H and O–H groups in total. The van der Waals surface area contributed by atoms with Crippen LogP contribution in [0.3, 0.4) is 0 Å². The van der Waals surface area contributed by atoms with Crippen molar-refractivity contribution in [3.8, 4) is 0 Å². The quantitative estimate of drug-likeness (QED) is 0.586. The van der Waals surface area contributed by atoms with Crippen LogP contribution in [0.1, 0.15) is 29.9 Å². The summed E-state index contributed by atoms with van der Waals surface area (Å²) in [6.45, 7) is 0.721. The molecule has 1 aliphatic rings. The van der Waals surface area contributed by atoms with Crippen molar-refractivity contribution in [1.29, 1.82) is 0 Å². The van der Waals surface area contributed by atoms with Crippen LogP contribution >= 0.6 is 0 Å². The third-order valence-electron chi connectivity index (χ3n) is 4.52. The number of hydrogen-bond acceptors (Lipinski definition) is 5. The van der Waals surface area contributed by atoms with E-state index in [0.717, 1.165) is 23.3 Å². The van der Waals surface area contributed by atoms with Crippen LogP contribution in [0.15, 0.2) is 49.1 Å². The molecule has 1 aromatic carbocycles. The number of nitrogens with one attached hydrogen (secondary N) is 2. The lowest BCUT2D eigenvalue weighted by atomic mass is 10.0. The Labute approximate surface area is 144 Å². The van der Waals surface area contributed by atoms with Gasteiger partial charge in [-0.2, -0.15) is 15.2 Å². The van der Waals surface area contributed by atoms with E-state index in [9.17, 15) is 0 Å². The molecule has 0 saturated heterocycles. The smallest absolute Gasteiger partial charge is 0.229 e. The molecule has 3 heterocycles. The highest BCUT2D eigenvalue weighted by atomic mass is 15.3. The minimum atomic E-state index is 0.533. The Morgan fingerprint density at radius 1 is 1.16 bits per heavy atom. The fourth-order valence-corrected chi connectivity index (χ4v) is 3.12. The van der Waals surface area contributed by atoms with Gasteiger partial charge in [0.25, 0.3) is 0 Å². The molecule has 7 heteroatoms. The van der Waals surface area contributed by atoms with Gasteiger partial charge in [-0.25, -0.2) is 9.67 Å². The second-order valence-corrected chi connectivity index (χ2v) is 6.36. The Bertz CT molecular complexity index is 1020. The maximum atomic E-state index is 4.63. The normalized spacial score (nSPS) is 14.1. The van der Waals surface area contributed by atoms with Gasteiger partial charge in [-0.1, -0.05) is 24.3 Å². The van der Waals surface area contributed by atoms with Crippen LogP contribution in [0.4, 0.5) is 11.6 Å². The summed E-state index contributed by atoms with van der Waals surface area (Å²) in [5.74, 6) is 1.25. The van der Waals surface area contributed by atoms with E-state index >= 15 is 0 Å². The number of H-pyrrole nitrogens is 1. The fraction of sp³-hybridized carbons (Fsp3) is 0.222. The van der Waals surface area contributed by atoms with Crippen LogP contribution in [0.5, 0.6) is 0 Å². The van der Waals surface area contributed by atoms with E-state index in [0.29, 0.717) is 11.9 Å². The molecule has 0 spiro atoms. The van der Waals surface area contributed by atoms with E-state index in [4.69, 9.17) is 0 Å². The minimum absolute atomic E-state index is 0.533. The zero-order valence-corrected chi connectivity index (χ0v) is 13.6. The third-order valence-corrected chi connectivity index (χ3v) is 4.52. The average molecular weight is 331 g/mol. The molecule has 0 amide bonds. The summed E-state index contributed by atoms with van der Waals surface area (Å²) in [5, 5.41) is 15.3. The Morgan fingerprint density at radius 3 is 2.92 bits per heavy atom. The van der Waals surface area contributed by atoms with Crippen molar-refractivity contribution in [2.75, 3.05) is 5.32 Å². The monoisotopic (exact) mass is 331 g/mol. The molecule has 5 rings (SSSR count). The first-order valence-corrected chi connectivity index (χ1v) is 8.39. The lowest BCUT2D eigenvalue weighted by Gasteiger charge is -2.09. The summed E-state index contributed by atoms with van der Waals surface area (Å²) in [7, 11) is 0. The molecule has 25 heavy (non-hydrogen) atoms. The van der Waals surface area contributed by atoms with Gasteiger partial charge in [0.15, 0.2) is 5.65 Å². The van der Waals surface area contributed by atoms with Crippen LogP contribution < -0.4 is 5.32 Å². The molecule has 7 nitrogen and oxygen atoms in total. The first-order valence-electron chi connectivity index (χ1n) is 8.39. The van der Waals surface area contributed by atoms with Crippen molar-refractivity contribution < 1.29 is 0 Å². The van der Waals surface area contributed by atoms with Gasteiger partial charge < -0.3 is 5.32 Å². The lowest BCUT2D eigenvalue weighted by Crippen LogP contribution is -2.06. The van der Waals surface area contributed by atoms with Gasteiger partial charge >= 0.3 is 0 Å². The third kappa shape index (κ3) is 2.73. The summed E-state index contributed by atoms with van der Waals surface area (Å²) in [4.78, 5) is 8.97. The number of aromatic nitrogens is 6. The number of hydrogen-bond donors (Lipinski definition) is 2. The van der Waals surface area contributed by atoms with Crippen molar-refractivity contribution in [3.05, 3.63) is 60.2 Å². The molecule has 0 bridgehead atoms. The fourth-order valence-electron chi connectivity index (χ4n) is 3.12. The van der Waals surface area contributed by atoms with Gasteiger partial charge in [-0.05, 0) is 29.9 Å². The highest BCUT2D eigenvalue weighted by Crippen LogP contribution is 2.41. The molecule has 1 saturated carbocycles. The summed E-state index contributed by atoms with van der Waals surface area (Å²) >= 11 is 0. The van der Waals surface area contributed by atoms with E-state index in [1.54, 1.807) is 18.6 Å². The number of nitrogens with zero attached hydrogens (tertiary/aromatic N) is 5. The van der Waals surface area contributed by atoms with Gasteiger partial charge in [0.1, 0.15) is 0 Å². The number of fused-ring (bicyclic) bond motifs is 1. The molecule has 3 aromatic heterocycles. The first-order chi connectivity index (χ1) is 12.4. The van der Waals surface area contributed by atoms with E-state index < -0.39 is 0 Å². The summed E-state index contributed by atoms with van der Waals surface area (Å²) < 4.78 is 1.94. The van der Waals surface area contributed by atoms with Crippen molar-refractivity contribution in [3.63, 3.8) is 0 Å². The van der Waals surface area contributed by atoms with Crippen molar-refractivity contribution >= 4 is 22.7 Å². The molecule has 0 radical (unpaired) electrons. The Hall–Kier alpha value is -3.22. The summed E-state index contributed by atoms with van der Waals surface area (Å²) in [6.07, 6.45) is 9.64. The molecular weight excluding hydrogens is 314 g/mol. The van der Waals surface area contributed by atoms with Gasteiger partial charge in [0.05, 0.1) is 30.0 Å². The van der Waals surface area contributed by atoms with Crippen LogP contribution in [0.25, 0.3) is 11.0 Å². The van der Waals surface area contributed by atoms with Crippen LogP contribution in [0.2, 0.25) is 0 Å². The molecule has 4 aromatic rings. The van der Waals surface area contributed by atoms with Gasteiger partial charge in [0, 0.05) is 12.4 Å². The Balaban J connectivity index is 1.49. The molecule has 0 atom stereocenters. The molecule has 1 fully saturated rings. The zero-order chi connectivity index (χ0) is 16.6. The standard InChI is InChI=1S/C18H17N7/c1-2-4-16(12-5-6-12)13(3-1)11-25-17-14(8-22-25)7-19-18(24-17)23-15-9-20-21-10-15/h1-4,7-10,12H,5-6,11H2,(H,20,21)(H,19,23,24). The number of aromatic amines is 1. The average Bonchev–Trinajstić information content (AvgIpc) is 3.22. The maximum Gasteiger partial charge on any atom is 0.229 e. The summed E-state index contributed by atoms with van der Waals surface area (Å²) in [5.41, 5.74) is 4.41. The van der Waals surface area contributed by atoms with Gasteiger partial charge in [0.2, 0.25) is 5.95 Å². The van der Waals surface area contributed by atoms with Crippen molar-refractivity contribution in [2.45, 2.75) is 25.3 Å². The number of rotatable bonds is 5. The van der Waals surface area contributed by atoms with E-state index in [1.807, 2.05) is 10.9 Å². The SMILES string of the molecule is c1ccc(C2CC2)c(Cn2ncc3cnc(Nc4cn[nH]c4)nc32)c1. The number of benzene rings is 1. The molecule has 0 aliphatic heterocycles. The molecule has 1 aliphatic carbocycles. The maximum absolute atomic E-state index is 4.63. The first kappa shape index (κ1) is 14.2. The largest absolute Gasteiger partial charge is 0.321 e. The van der Waals surface area contributed by atoms with E-state index in [2.05, 4.69) is 54.8 Å². The second kappa shape index (κ2) is 5.70.